The monoisotopic (exact) mass is 402 g/mol. The topological polar surface area (TPSA) is 98.9 Å². The normalized spacial score (nSPS) is 11.4. The lowest BCUT2D eigenvalue weighted by molar-refractivity contribution is -0.154. The SMILES string of the molecule is Cc1ccc(OC(C)C(=O)OCC(=O)N(CCC(N)=O)c2ccc(F)cc2)cc1. The summed E-state index contributed by atoms with van der Waals surface area (Å²) in [5.74, 6) is -1.85. The highest BCUT2D eigenvalue weighted by molar-refractivity contribution is 5.96. The number of hydrogen-bond acceptors (Lipinski definition) is 5. The minimum absolute atomic E-state index is 0.0211. The second-order valence-electron chi connectivity index (χ2n) is 6.42. The number of halogens is 1. The first-order valence-corrected chi connectivity index (χ1v) is 9.00. The van der Waals surface area contributed by atoms with Gasteiger partial charge in [-0.25, -0.2) is 9.18 Å². The number of hydrogen-bond donors (Lipinski definition) is 1. The van der Waals surface area contributed by atoms with E-state index in [1.54, 1.807) is 12.1 Å². The maximum absolute atomic E-state index is 13.1. The molecule has 2 aromatic carbocycles. The van der Waals surface area contributed by atoms with Crippen LogP contribution in [0.5, 0.6) is 5.75 Å². The molecule has 2 N–H and O–H groups in total. The van der Waals surface area contributed by atoms with Crippen LogP contribution in [-0.2, 0) is 19.1 Å². The maximum Gasteiger partial charge on any atom is 0.347 e. The number of rotatable bonds is 9. The number of esters is 1. The number of benzene rings is 2. The van der Waals surface area contributed by atoms with Gasteiger partial charge in [-0.15, -0.1) is 0 Å². The third kappa shape index (κ3) is 6.91. The van der Waals surface area contributed by atoms with E-state index in [2.05, 4.69) is 0 Å². The van der Waals surface area contributed by atoms with Crippen molar-refractivity contribution in [2.75, 3.05) is 18.1 Å². The van der Waals surface area contributed by atoms with E-state index in [1.807, 2.05) is 19.1 Å². The van der Waals surface area contributed by atoms with Crippen molar-refractivity contribution in [1.29, 1.82) is 0 Å². The van der Waals surface area contributed by atoms with Gasteiger partial charge in [-0.3, -0.25) is 9.59 Å². The number of nitrogens with two attached hydrogens (primary N) is 1. The zero-order valence-corrected chi connectivity index (χ0v) is 16.3. The standard InChI is InChI=1S/C21H23FN2O5/c1-14-3-9-18(10-4-14)29-15(2)21(27)28-13-20(26)24(12-11-19(23)25)17-7-5-16(22)6-8-17/h3-10,15H,11-13H2,1-2H3,(H2,23,25). The maximum atomic E-state index is 13.1. The Hall–Kier alpha value is -3.42. The summed E-state index contributed by atoms with van der Waals surface area (Å²) in [5, 5.41) is 0. The lowest BCUT2D eigenvalue weighted by atomic mass is 10.2. The molecular weight excluding hydrogens is 379 g/mol. The molecule has 0 radical (unpaired) electrons. The third-order valence-electron chi connectivity index (χ3n) is 4.02. The van der Waals surface area contributed by atoms with E-state index in [-0.39, 0.29) is 13.0 Å². The summed E-state index contributed by atoms with van der Waals surface area (Å²) in [5.41, 5.74) is 6.56. The van der Waals surface area contributed by atoms with Crippen molar-refractivity contribution in [2.24, 2.45) is 5.73 Å². The van der Waals surface area contributed by atoms with Crippen molar-refractivity contribution >= 4 is 23.5 Å². The van der Waals surface area contributed by atoms with E-state index < -0.39 is 36.3 Å². The van der Waals surface area contributed by atoms with Crippen LogP contribution in [-0.4, -0.2) is 37.0 Å². The summed E-state index contributed by atoms with van der Waals surface area (Å²) >= 11 is 0. The van der Waals surface area contributed by atoms with Gasteiger partial charge in [0.2, 0.25) is 5.91 Å². The number of amides is 2. The number of carbonyl (C=O) groups excluding carboxylic acids is 3. The van der Waals surface area contributed by atoms with Gasteiger partial charge in [-0.05, 0) is 50.2 Å². The summed E-state index contributed by atoms with van der Waals surface area (Å²) in [6, 6.07) is 12.3. The molecule has 0 aliphatic rings. The number of aryl methyl sites for hydroxylation is 1. The minimum Gasteiger partial charge on any atom is -0.479 e. The molecule has 0 saturated carbocycles. The predicted octanol–water partition coefficient (Wildman–Crippen LogP) is 2.35. The quantitative estimate of drug-likeness (QED) is 0.649. The summed E-state index contributed by atoms with van der Waals surface area (Å²) in [7, 11) is 0. The van der Waals surface area contributed by atoms with Gasteiger partial charge in [0.05, 0.1) is 0 Å². The molecule has 0 heterocycles. The van der Waals surface area contributed by atoms with Crippen molar-refractivity contribution in [1.82, 2.24) is 0 Å². The van der Waals surface area contributed by atoms with Crippen LogP contribution in [0, 0.1) is 12.7 Å². The highest BCUT2D eigenvalue weighted by Gasteiger charge is 2.22. The van der Waals surface area contributed by atoms with Crippen molar-refractivity contribution in [3.63, 3.8) is 0 Å². The molecule has 0 fully saturated rings. The Bertz CT molecular complexity index is 852. The molecule has 1 unspecified atom stereocenters. The van der Waals surface area contributed by atoms with Crippen molar-refractivity contribution in [2.45, 2.75) is 26.4 Å². The molecule has 0 aromatic heterocycles. The van der Waals surface area contributed by atoms with Crippen LogP contribution in [0.15, 0.2) is 48.5 Å². The van der Waals surface area contributed by atoms with E-state index in [9.17, 15) is 18.8 Å². The van der Waals surface area contributed by atoms with Gasteiger partial charge in [0.15, 0.2) is 12.7 Å². The smallest absolute Gasteiger partial charge is 0.347 e. The Kier molecular flexibility index (Phi) is 7.70. The van der Waals surface area contributed by atoms with Crippen LogP contribution in [0.2, 0.25) is 0 Å². The van der Waals surface area contributed by atoms with Crippen molar-refractivity contribution in [3.05, 3.63) is 59.9 Å². The zero-order valence-electron chi connectivity index (χ0n) is 16.3. The Labute approximate surface area is 168 Å². The predicted molar refractivity (Wildman–Crippen MR) is 105 cm³/mol. The van der Waals surface area contributed by atoms with E-state index in [0.717, 1.165) is 5.56 Å². The molecule has 8 heteroatoms. The fraction of sp³-hybridized carbons (Fsp3) is 0.286. The largest absolute Gasteiger partial charge is 0.479 e. The molecule has 0 bridgehead atoms. The van der Waals surface area contributed by atoms with Crippen molar-refractivity contribution < 1.29 is 28.2 Å². The van der Waals surface area contributed by atoms with E-state index in [1.165, 1.54) is 36.1 Å². The lowest BCUT2D eigenvalue weighted by Crippen LogP contribution is -2.38. The van der Waals surface area contributed by atoms with E-state index in [0.29, 0.717) is 11.4 Å². The van der Waals surface area contributed by atoms with Crippen LogP contribution < -0.4 is 15.4 Å². The fourth-order valence-corrected chi connectivity index (χ4v) is 2.44. The molecule has 0 spiro atoms. The summed E-state index contributed by atoms with van der Waals surface area (Å²) in [6.07, 6.45) is -1.01. The molecule has 29 heavy (non-hydrogen) atoms. The van der Waals surface area contributed by atoms with Gasteiger partial charge in [0.25, 0.3) is 5.91 Å². The van der Waals surface area contributed by atoms with Crippen LogP contribution >= 0.6 is 0 Å². The second-order valence-corrected chi connectivity index (χ2v) is 6.42. The highest BCUT2D eigenvalue weighted by atomic mass is 19.1. The Morgan fingerprint density at radius 2 is 1.69 bits per heavy atom. The van der Waals surface area contributed by atoms with Crippen LogP contribution in [0.1, 0.15) is 18.9 Å². The van der Waals surface area contributed by atoms with Crippen LogP contribution in [0.25, 0.3) is 0 Å². The van der Waals surface area contributed by atoms with Gasteiger partial charge in [0.1, 0.15) is 11.6 Å². The first kappa shape index (κ1) is 21.9. The number of primary amides is 1. The third-order valence-corrected chi connectivity index (χ3v) is 4.02. The lowest BCUT2D eigenvalue weighted by Gasteiger charge is -2.22. The molecule has 154 valence electrons. The summed E-state index contributed by atoms with van der Waals surface area (Å²) in [4.78, 5) is 37.0. The highest BCUT2D eigenvalue weighted by Crippen LogP contribution is 2.17. The number of carbonyl (C=O) groups is 3. The summed E-state index contributed by atoms with van der Waals surface area (Å²) in [6.45, 7) is 2.86. The first-order chi connectivity index (χ1) is 13.8. The summed E-state index contributed by atoms with van der Waals surface area (Å²) < 4.78 is 23.7. The Balaban J connectivity index is 1.96. The van der Waals surface area contributed by atoms with Gasteiger partial charge in [-0.2, -0.15) is 0 Å². The van der Waals surface area contributed by atoms with Gasteiger partial charge in [-0.1, -0.05) is 17.7 Å². The molecular formula is C21H23FN2O5. The molecule has 2 aromatic rings. The minimum atomic E-state index is -0.921. The van der Waals surface area contributed by atoms with Gasteiger partial charge >= 0.3 is 5.97 Å². The first-order valence-electron chi connectivity index (χ1n) is 9.00. The van der Waals surface area contributed by atoms with Gasteiger partial charge < -0.3 is 20.1 Å². The number of ether oxygens (including phenoxy) is 2. The zero-order chi connectivity index (χ0) is 21.4. The van der Waals surface area contributed by atoms with Crippen LogP contribution in [0.4, 0.5) is 10.1 Å². The molecule has 1 atom stereocenters. The van der Waals surface area contributed by atoms with Gasteiger partial charge in [0, 0.05) is 18.7 Å². The average Bonchev–Trinajstić information content (AvgIpc) is 2.69. The fourth-order valence-electron chi connectivity index (χ4n) is 2.44. The molecule has 0 saturated heterocycles. The molecule has 2 amide bonds. The Morgan fingerprint density at radius 1 is 1.07 bits per heavy atom. The number of anilines is 1. The molecule has 7 nitrogen and oxygen atoms in total. The Morgan fingerprint density at radius 3 is 2.28 bits per heavy atom. The molecule has 0 aliphatic heterocycles. The second kappa shape index (κ2) is 10.2. The molecule has 2 rings (SSSR count). The van der Waals surface area contributed by atoms with E-state index in [4.69, 9.17) is 15.2 Å². The average molecular weight is 402 g/mol. The molecule has 0 aliphatic carbocycles. The number of nitrogens with zero attached hydrogens (tertiary/aromatic N) is 1. The van der Waals surface area contributed by atoms with Crippen LogP contribution in [0.3, 0.4) is 0 Å². The van der Waals surface area contributed by atoms with E-state index >= 15 is 0 Å². The van der Waals surface area contributed by atoms with Crippen molar-refractivity contribution in [3.8, 4) is 5.75 Å².